The third-order valence-corrected chi connectivity index (χ3v) is 6.11. The Morgan fingerprint density at radius 3 is 2.40 bits per heavy atom. The maximum absolute atomic E-state index is 12.9. The lowest BCUT2D eigenvalue weighted by Gasteiger charge is -2.32. The van der Waals surface area contributed by atoms with Crippen molar-refractivity contribution in [3.8, 4) is 0 Å². The largest absolute Gasteiger partial charge is 0.349 e. The summed E-state index contributed by atoms with van der Waals surface area (Å²) < 4.78 is 0. The van der Waals surface area contributed by atoms with E-state index in [-0.39, 0.29) is 29.7 Å². The fraction of sp³-hybridized carbons (Fsp3) is 0.440. The summed E-state index contributed by atoms with van der Waals surface area (Å²) >= 11 is 0. The lowest BCUT2D eigenvalue weighted by atomic mass is 9.96. The molecule has 2 atom stereocenters. The van der Waals surface area contributed by atoms with Crippen molar-refractivity contribution < 1.29 is 9.59 Å². The van der Waals surface area contributed by atoms with E-state index in [1.165, 1.54) is 5.56 Å². The van der Waals surface area contributed by atoms with Gasteiger partial charge in [-0.25, -0.2) is 0 Å². The predicted octanol–water partition coefficient (Wildman–Crippen LogP) is 4.12. The third kappa shape index (κ3) is 5.48. The highest BCUT2D eigenvalue weighted by molar-refractivity contribution is 5.94. The molecule has 2 aromatic carbocycles. The zero-order valence-electron chi connectivity index (χ0n) is 17.6. The number of carbonyl (C=O) groups is 2. The monoisotopic (exact) mass is 405 g/mol. The quantitative estimate of drug-likeness (QED) is 0.728. The van der Waals surface area contributed by atoms with E-state index in [0.717, 1.165) is 56.6 Å². The van der Waals surface area contributed by atoms with Crippen molar-refractivity contribution in [1.29, 1.82) is 0 Å². The minimum absolute atomic E-state index is 0.0296. The Kier molecular flexibility index (Phi) is 6.48. The topological polar surface area (TPSA) is 61.4 Å². The van der Waals surface area contributed by atoms with Crippen LogP contribution in [0.25, 0.3) is 0 Å². The molecule has 5 nitrogen and oxygen atoms in total. The number of likely N-dealkylation sites (tertiary alicyclic amines) is 1. The van der Waals surface area contributed by atoms with E-state index in [0.29, 0.717) is 0 Å². The van der Waals surface area contributed by atoms with Gasteiger partial charge in [-0.15, -0.1) is 0 Å². The number of hydrogen-bond acceptors (Lipinski definition) is 3. The summed E-state index contributed by atoms with van der Waals surface area (Å²) in [7, 11) is 0. The highest BCUT2D eigenvalue weighted by Crippen LogP contribution is 2.30. The van der Waals surface area contributed by atoms with Crippen molar-refractivity contribution >= 4 is 17.5 Å². The first-order valence-electron chi connectivity index (χ1n) is 11.1. The van der Waals surface area contributed by atoms with E-state index < -0.39 is 0 Å². The van der Waals surface area contributed by atoms with Crippen LogP contribution in [-0.2, 0) is 16.1 Å². The van der Waals surface area contributed by atoms with Crippen LogP contribution in [-0.4, -0.2) is 29.8 Å². The zero-order chi connectivity index (χ0) is 20.9. The van der Waals surface area contributed by atoms with Gasteiger partial charge in [0.15, 0.2) is 0 Å². The van der Waals surface area contributed by atoms with E-state index in [1.54, 1.807) is 0 Å². The molecule has 1 saturated carbocycles. The number of carbonyl (C=O) groups excluding carboxylic acids is 2. The summed E-state index contributed by atoms with van der Waals surface area (Å²) in [6, 6.07) is 18.2. The normalized spacial score (nSPS) is 20.4. The van der Waals surface area contributed by atoms with Crippen LogP contribution < -0.4 is 10.6 Å². The Morgan fingerprint density at radius 1 is 0.967 bits per heavy atom. The molecule has 4 rings (SSSR count). The average molecular weight is 406 g/mol. The molecule has 2 aliphatic rings. The minimum atomic E-state index is -0.0600. The molecule has 2 aromatic rings. The number of nitrogens with zero attached hydrogens (tertiary/aromatic N) is 1. The maximum atomic E-state index is 12.9. The molecule has 1 aliphatic heterocycles. The molecule has 1 saturated heterocycles. The smallest absolute Gasteiger partial charge is 0.227 e. The van der Waals surface area contributed by atoms with Gasteiger partial charge in [0.05, 0.1) is 12.0 Å². The standard InChI is InChI=1S/C25H31N3O2/c1-18(20-11-13-23(14-12-20)27-24(29)21-9-10-21)26-25(30)22-8-5-15-28(17-22)16-19-6-3-2-4-7-19/h2-4,6-7,11-14,18,21-22H,5,8-10,15-17H2,1H3,(H,26,30)(H,27,29). The van der Waals surface area contributed by atoms with E-state index in [1.807, 2.05) is 37.3 Å². The molecule has 1 aliphatic carbocycles. The van der Waals surface area contributed by atoms with Gasteiger partial charge in [-0.3, -0.25) is 14.5 Å². The molecular weight excluding hydrogens is 374 g/mol. The first kappa shape index (κ1) is 20.6. The second-order valence-corrected chi connectivity index (χ2v) is 8.68. The zero-order valence-corrected chi connectivity index (χ0v) is 17.6. The highest BCUT2D eigenvalue weighted by atomic mass is 16.2. The van der Waals surface area contributed by atoms with Gasteiger partial charge in [-0.1, -0.05) is 42.5 Å². The first-order valence-corrected chi connectivity index (χ1v) is 11.1. The van der Waals surface area contributed by atoms with Crippen molar-refractivity contribution in [3.63, 3.8) is 0 Å². The Balaban J connectivity index is 1.28. The molecule has 0 spiro atoms. The summed E-state index contributed by atoms with van der Waals surface area (Å²) in [5, 5.41) is 6.14. The summed E-state index contributed by atoms with van der Waals surface area (Å²) in [5.74, 6) is 0.467. The van der Waals surface area contributed by atoms with Crippen LogP contribution in [0.4, 0.5) is 5.69 Å². The van der Waals surface area contributed by atoms with Crippen LogP contribution in [0.1, 0.15) is 49.8 Å². The summed E-state index contributed by atoms with van der Waals surface area (Å²) in [5.41, 5.74) is 3.16. The Labute approximate surface area is 178 Å². The van der Waals surface area contributed by atoms with Crippen molar-refractivity contribution in [2.24, 2.45) is 11.8 Å². The van der Waals surface area contributed by atoms with Gasteiger partial charge in [0.25, 0.3) is 0 Å². The third-order valence-electron chi connectivity index (χ3n) is 6.11. The molecule has 0 aromatic heterocycles. The van der Waals surface area contributed by atoms with Crippen molar-refractivity contribution in [2.45, 2.75) is 45.2 Å². The number of benzene rings is 2. The maximum Gasteiger partial charge on any atom is 0.227 e. The fourth-order valence-corrected chi connectivity index (χ4v) is 4.11. The molecule has 1 heterocycles. The number of rotatable bonds is 7. The van der Waals surface area contributed by atoms with Crippen molar-refractivity contribution in [2.75, 3.05) is 18.4 Å². The number of hydrogen-bond donors (Lipinski definition) is 2. The van der Waals surface area contributed by atoms with Crippen LogP contribution in [0.5, 0.6) is 0 Å². The van der Waals surface area contributed by atoms with Crippen LogP contribution in [0, 0.1) is 11.8 Å². The molecule has 2 N–H and O–H groups in total. The highest BCUT2D eigenvalue weighted by Gasteiger charge is 2.29. The van der Waals surface area contributed by atoms with E-state index in [9.17, 15) is 9.59 Å². The van der Waals surface area contributed by atoms with E-state index in [4.69, 9.17) is 0 Å². The van der Waals surface area contributed by atoms with Crippen molar-refractivity contribution in [3.05, 3.63) is 65.7 Å². The van der Waals surface area contributed by atoms with Crippen LogP contribution in [0.3, 0.4) is 0 Å². The van der Waals surface area contributed by atoms with Gasteiger partial charge >= 0.3 is 0 Å². The van der Waals surface area contributed by atoms with Gasteiger partial charge in [-0.2, -0.15) is 0 Å². The summed E-state index contributed by atoms with van der Waals surface area (Å²) in [4.78, 5) is 27.1. The predicted molar refractivity (Wildman–Crippen MR) is 119 cm³/mol. The molecule has 5 heteroatoms. The minimum Gasteiger partial charge on any atom is -0.349 e. The second kappa shape index (κ2) is 9.43. The average Bonchev–Trinajstić information content (AvgIpc) is 3.61. The number of nitrogens with one attached hydrogen (secondary N) is 2. The Bertz CT molecular complexity index is 862. The van der Waals surface area contributed by atoms with E-state index >= 15 is 0 Å². The Hall–Kier alpha value is -2.66. The van der Waals surface area contributed by atoms with Gasteiger partial charge in [0.1, 0.15) is 0 Å². The Morgan fingerprint density at radius 2 is 1.70 bits per heavy atom. The summed E-state index contributed by atoms with van der Waals surface area (Å²) in [6.45, 7) is 4.76. The summed E-state index contributed by atoms with van der Waals surface area (Å²) in [6.07, 6.45) is 3.98. The van der Waals surface area contributed by atoms with Crippen LogP contribution >= 0.6 is 0 Å². The van der Waals surface area contributed by atoms with Gasteiger partial charge in [0.2, 0.25) is 11.8 Å². The van der Waals surface area contributed by atoms with Gasteiger partial charge in [0, 0.05) is 24.7 Å². The SMILES string of the molecule is CC(NC(=O)C1CCCN(Cc2ccccc2)C1)c1ccc(NC(=O)C2CC2)cc1. The lowest BCUT2D eigenvalue weighted by Crippen LogP contribution is -2.43. The molecule has 0 radical (unpaired) electrons. The van der Waals surface area contributed by atoms with Crippen LogP contribution in [0.15, 0.2) is 54.6 Å². The molecule has 30 heavy (non-hydrogen) atoms. The van der Waals surface area contributed by atoms with Crippen molar-refractivity contribution in [1.82, 2.24) is 10.2 Å². The van der Waals surface area contributed by atoms with Crippen LogP contribution in [0.2, 0.25) is 0 Å². The number of amides is 2. The number of anilines is 1. The fourth-order valence-electron chi connectivity index (χ4n) is 4.11. The molecule has 2 amide bonds. The molecule has 0 bridgehead atoms. The molecule has 2 unspecified atom stereocenters. The van der Waals surface area contributed by atoms with E-state index in [2.05, 4.69) is 39.8 Å². The first-order chi connectivity index (χ1) is 14.6. The number of piperidine rings is 1. The second-order valence-electron chi connectivity index (χ2n) is 8.68. The van der Waals surface area contributed by atoms with Gasteiger partial charge < -0.3 is 10.6 Å². The molecular formula is C25H31N3O2. The molecule has 2 fully saturated rings. The molecule has 158 valence electrons. The lowest BCUT2D eigenvalue weighted by molar-refractivity contribution is -0.127. The van der Waals surface area contributed by atoms with Gasteiger partial charge in [-0.05, 0) is 62.4 Å².